The first-order chi connectivity index (χ1) is 13.0. The molecule has 1 aromatic carbocycles. The second kappa shape index (κ2) is 5.77. The van der Waals surface area contributed by atoms with Crippen LogP contribution in [0.3, 0.4) is 0 Å². The van der Waals surface area contributed by atoms with Crippen LogP contribution in [0.25, 0.3) is 11.2 Å². The molecule has 0 unspecified atom stereocenters. The Morgan fingerprint density at radius 1 is 1.15 bits per heavy atom. The standard InChI is InChI=1S/C20H21N5O2/c1-12-7-13(2)16-14(26)9-20(27-15(16)8-12)3-5-25(6-4-20)19-17-18(22-10-21-17)23-11-24-19/h7-8,10-11H,3-6,9H2,1-2H3,(H,21,22,23,24). The largest absolute Gasteiger partial charge is 0.486 e. The van der Waals surface area contributed by atoms with Crippen molar-refractivity contribution in [1.82, 2.24) is 19.9 Å². The van der Waals surface area contributed by atoms with Crippen molar-refractivity contribution in [2.24, 2.45) is 0 Å². The highest BCUT2D eigenvalue weighted by Gasteiger charge is 2.43. The van der Waals surface area contributed by atoms with E-state index in [0.29, 0.717) is 12.1 Å². The fourth-order valence-corrected chi connectivity index (χ4v) is 4.41. The number of ketones is 1. The first-order valence-corrected chi connectivity index (χ1v) is 9.27. The fraction of sp³-hybridized carbons (Fsp3) is 0.400. The molecule has 0 radical (unpaired) electrons. The summed E-state index contributed by atoms with van der Waals surface area (Å²) in [5, 5.41) is 0. The Kier molecular flexibility index (Phi) is 3.47. The molecule has 0 amide bonds. The molecule has 7 heteroatoms. The number of aryl methyl sites for hydroxylation is 2. The van der Waals surface area contributed by atoms with Gasteiger partial charge in [-0.2, -0.15) is 0 Å². The number of nitrogens with zero attached hydrogens (tertiary/aromatic N) is 4. The molecule has 5 rings (SSSR count). The maximum Gasteiger partial charge on any atom is 0.182 e. The number of carbonyl (C=O) groups is 1. The number of piperidine rings is 1. The summed E-state index contributed by atoms with van der Waals surface area (Å²) in [6.45, 7) is 5.57. The number of anilines is 1. The second-order valence-electron chi connectivity index (χ2n) is 7.63. The highest BCUT2D eigenvalue weighted by atomic mass is 16.5. The minimum Gasteiger partial charge on any atom is -0.486 e. The van der Waals surface area contributed by atoms with Gasteiger partial charge in [-0.25, -0.2) is 15.0 Å². The normalized spacial score (nSPS) is 18.6. The molecule has 0 atom stereocenters. The minimum absolute atomic E-state index is 0.195. The van der Waals surface area contributed by atoms with Gasteiger partial charge in [-0.3, -0.25) is 4.79 Å². The third-order valence-corrected chi connectivity index (χ3v) is 5.71. The quantitative estimate of drug-likeness (QED) is 0.716. The molecule has 2 aliphatic rings. The molecule has 1 spiro atoms. The summed E-state index contributed by atoms with van der Waals surface area (Å²) in [7, 11) is 0. The van der Waals surface area contributed by atoms with Crippen LogP contribution in [0.4, 0.5) is 5.82 Å². The molecular weight excluding hydrogens is 342 g/mol. The van der Waals surface area contributed by atoms with Gasteiger partial charge in [-0.05, 0) is 31.0 Å². The number of rotatable bonds is 1. The van der Waals surface area contributed by atoms with E-state index in [1.807, 2.05) is 26.0 Å². The van der Waals surface area contributed by atoms with Gasteiger partial charge in [0.15, 0.2) is 17.2 Å². The molecule has 27 heavy (non-hydrogen) atoms. The SMILES string of the molecule is Cc1cc(C)c2c(c1)OC1(CCN(c3ncnc4nc[nH]c34)CC1)CC2=O. The Labute approximate surface area is 156 Å². The number of ether oxygens (including phenoxy) is 1. The fourth-order valence-electron chi connectivity index (χ4n) is 4.41. The molecule has 0 saturated carbocycles. The van der Waals surface area contributed by atoms with Crippen LogP contribution >= 0.6 is 0 Å². The summed E-state index contributed by atoms with van der Waals surface area (Å²) in [5.41, 5.74) is 3.99. The Balaban J connectivity index is 1.41. The Morgan fingerprint density at radius 3 is 2.78 bits per heavy atom. The van der Waals surface area contributed by atoms with Gasteiger partial charge in [0.1, 0.15) is 23.2 Å². The first-order valence-electron chi connectivity index (χ1n) is 9.27. The number of benzene rings is 1. The number of Topliss-reactive ketones (excluding diaryl/α,β-unsaturated/α-hetero) is 1. The number of imidazole rings is 1. The topological polar surface area (TPSA) is 84.0 Å². The van der Waals surface area contributed by atoms with E-state index in [-0.39, 0.29) is 5.78 Å². The van der Waals surface area contributed by atoms with Gasteiger partial charge in [0.05, 0.1) is 18.3 Å². The van der Waals surface area contributed by atoms with Gasteiger partial charge in [0, 0.05) is 25.9 Å². The van der Waals surface area contributed by atoms with Crippen LogP contribution in [0, 0.1) is 13.8 Å². The molecule has 0 aliphatic carbocycles. The van der Waals surface area contributed by atoms with Gasteiger partial charge in [-0.15, -0.1) is 0 Å². The molecule has 7 nitrogen and oxygen atoms in total. The zero-order chi connectivity index (χ0) is 18.6. The number of H-pyrrole nitrogens is 1. The molecule has 1 saturated heterocycles. The number of aromatic nitrogens is 4. The highest BCUT2D eigenvalue weighted by molar-refractivity contribution is 6.01. The predicted octanol–water partition coefficient (Wildman–Crippen LogP) is 2.97. The summed E-state index contributed by atoms with van der Waals surface area (Å²) in [6.07, 6.45) is 5.20. The number of fused-ring (bicyclic) bond motifs is 2. The lowest BCUT2D eigenvalue weighted by molar-refractivity contribution is 0.0230. The van der Waals surface area contributed by atoms with Crippen LogP contribution in [0.1, 0.15) is 40.7 Å². The molecule has 138 valence electrons. The molecule has 4 heterocycles. The maximum atomic E-state index is 12.9. The van der Waals surface area contributed by atoms with Crippen LogP contribution in [-0.2, 0) is 0 Å². The van der Waals surface area contributed by atoms with Gasteiger partial charge in [0.2, 0.25) is 0 Å². The molecule has 1 fully saturated rings. The highest BCUT2D eigenvalue weighted by Crippen LogP contribution is 2.41. The average molecular weight is 363 g/mol. The van der Waals surface area contributed by atoms with Crippen LogP contribution < -0.4 is 9.64 Å². The number of nitrogens with one attached hydrogen (secondary N) is 1. The lowest BCUT2D eigenvalue weighted by Crippen LogP contribution is -2.51. The van der Waals surface area contributed by atoms with Crippen molar-refractivity contribution in [1.29, 1.82) is 0 Å². The molecule has 2 aromatic heterocycles. The lowest BCUT2D eigenvalue weighted by atomic mass is 9.81. The van der Waals surface area contributed by atoms with E-state index in [1.54, 1.807) is 12.7 Å². The second-order valence-corrected chi connectivity index (χ2v) is 7.63. The number of hydrogen-bond acceptors (Lipinski definition) is 6. The van der Waals surface area contributed by atoms with Crippen molar-refractivity contribution < 1.29 is 9.53 Å². The predicted molar refractivity (Wildman–Crippen MR) is 101 cm³/mol. The third-order valence-electron chi connectivity index (χ3n) is 5.71. The number of hydrogen-bond donors (Lipinski definition) is 1. The monoisotopic (exact) mass is 363 g/mol. The van der Waals surface area contributed by atoms with E-state index in [2.05, 4.69) is 24.8 Å². The van der Waals surface area contributed by atoms with E-state index >= 15 is 0 Å². The van der Waals surface area contributed by atoms with Gasteiger partial charge in [-0.1, -0.05) is 6.07 Å². The smallest absolute Gasteiger partial charge is 0.182 e. The molecule has 3 aromatic rings. The van der Waals surface area contributed by atoms with Crippen LogP contribution in [0.2, 0.25) is 0 Å². The summed E-state index contributed by atoms with van der Waals surface area (Å²) >= 11 is 0. The van der Waals surface area contributed by atoms with Crippen molar-refractivity contribution in [3.63, 3.8) is 0 Å². The zero-order valence-electron chi connectivity index (χ0n) is 15.5. The zero-order valence-corrected chi connectivity index (χ0v) is 15.5. The van der Waals surface area contributed by atoms with Crippen LogP contribution in [0.15, 0.2) is 24.8 Å². The third kappa shape index (κ3) is 2.57. The molecule has 2 aliphatic heterocycles. The molecular formula is C20H21N5O2. The van der Waals surface area contributed by atoms with Gasteiger partial charge < -0.3 is 14.6 Å². The van der Waals surface area contributed by atoms with Crippen molar-refractivity contribution in [2.45, 2.75) is 38.7 Å². The number of carbonyl (C=O) groups excluding carboxylic acids is 1. The van der Waals surface area contributed by atoms with E-state index < -0.39 is 5.60 Å². The van der Waals surface area contributed by atoms with Gasteiger partial charge >= 0.3 is 0 Å². The lowest BCUT2D eigenvalue weighted by Gasteiger charge is -2.44. The summed E-state index contributed by atoms with van der Waals surface area (Å²) in [5.74, 6) is 1.80. The molecule has 1 N–H and O–H groups in total. The van der Waals surface area contributed by atoms with Crippen molar-refractivity contribution in [3.8, 4) is 5.75 Å². The van der Waals surface area contributed by atoms with E-state index in [1.165, 1.54) is 0 Å². The maximum absolute atomic E-state index is 12.9. The first kappa shape index (κ1) is 16.2. The summed E-state index contributed by atoms with van der Waals surface area (Å²) in [4.78, 5) is 31.0. The summed E-state index contributed by atoms with van der Waals surface area (Å²) < 4.78 is 6.45. The number of aromatic amines is 1. The summed E-state index contributed by atoms with van der Waals surface area (Å²) in [6, 6.07) is 4.04. The van der Waals surface area contributed by atoms with Crippen molar-refractivity contribution in [3.05, 3.63) is 41.5 Å². The van der Waals surface area contributed by atoms with Crippen LogP contribution in [-0.4, -0.2) is 44.4 Å². The minimum atomic E-state index is -0.416. The van der Waals surface area contributed by atoms with Crippen molar-refractivity contribution in [2.75, 3.05) is 18.0 Å². The van der Waals surface area contributed by atoms with E-state index in [9.17, 15) is 4.79 Å². The Bertz CT molecular complexity index is 1050. The van der Waals surface area contributed by atoms with E-state index in [0.717, 1.165) is 59.7 Å². The van der Waals surface area contributed by atoms with Gasteiger partial charge in [0.25, 0.3) is 0 Å². The Morgan fingerprint density at radius 2 is 1.96 bits per heavy atom. The van der Waals surface area contributed by atoms with Crippen LogP contribution in [0.5, 0.6) is 5.75 Å². The van der Waals surface area contributed by atoms with E-state index in [4.69, 9.17) is 4.74 Å². The average Bonchev–Trinajstić information content (AvgIpc) is 3.10. The Hall–Kier alpha value is -2.96. The van der Waals surface area contributed by atoms with Crippen molar-refractivity contribution >= 4 is 22.8 Å². The molecule has 0 bridgehead atoms.